The molecule has 0 aliphatic heterocycles. The smallest absolute Gasteiger partial charge is 0.190 e. The van der Waals surface area contributed by atoms with Gasteiger partial charge in [0.25, 0.3) is 0 Å². The summed E-state index contributed by atoms with van der Waals surface area (Å²) in [5.74, 6) is 0.854. The van der Waals surface area contributed by atoms with Crippen LogP contribution < -0.4 is 10.6 Å². The lowest BCUT2D eigenvalue weighted by Crippen LogP contribution is -2.38. The minimum atomic E-state index is 0. The van der Waals surface area contributed by atoms with E-state index in [1.165, 1.54) is 15.4 Å². The number of benzene rings is 1. The lowest BCUT2D eigenvalue weighted by molar-refractivity contribution is 0.738. The van der Waals surface area contributed by atoms with Crippen molar-refractivity contribution >= 4 is 57.2 Å². The van der Waals surface area contributed by atoms with Crippen LogP contribution in [0.15, 0.2) is 39.9 Å². The van der Waals surface area contributed by atoms with E-state index in [1.54, 1.807) is 18.4 Å². The van der Waals surface area contributed by atoms with Crippen molar-refractivity contribution in [1.29, 1.82) is 0 Å². The van der Waals surface area contributed by atoms with Crippen LogP contribution in [0.2, 0.25) is 0 Å². The third-order valence-electron chi connectivity index (χ3n) is 3.35. The molecule has 1 heterocycles. The summed E-state index contributed by atoms with van der Waals surface area (Å²) >= 11 is 5.26. The molecule has 0 radical (unpaired) electrons. The van der Waals surface area contributed by atoms with Gasteiger partial charge in [-0.15, -0.1) is 35.3 Å². The maximum atomic E-state index is 4.37. The number of rotatable bonds is 7. The van der Waals surface area contributed by atoms with E-state index in [9.17, 15) is 0 Å². The lowest BCUT2D eigenvalue weighted by Gasteiger charge is -2.11. The molecule has 0 aliphatic carbocycles. The molecule has 0 unspecified atom stereocenters. The molecule has 1 aromatic carbocycles. The van der Waals surface area contributed by atoms with Crippen LogP contribution in [-0.4, -0.2) is 31.1 Å². The number of guanidine groups is 1. The highest BCUT2D eigenvalue weighted by Gasteiger charge is 2.01. The molecular formula is C17H24BrIN4S. The van der Waals surface area contributed by atoms with Gasteiger partial charge in [-0.1, -0.05) is 28.1 Å². The fourth-order valence-electron chi connectivity index (χ4n) is 2.22. The molecule has 4 nitrogen and oxygen atoms in total. The van der Waals surface area contributed by atoms with E-state index < -0.39 is 0 Å². The summed E-state index contributed by atoms with van der Waals surface area (Å²) in [5, 5.41) is 7.86. The molecule has 24 heavy (non-hydrogen) atoms. The van der Waals surface area contributed by atoms with Crippen molar-refractivity contribution in [3.8, 4) is 0 Å². The minimum absolute atomic E-state index is 0. The largest absolute Gasteiger partial charge is 0.356 e. The molecule has 0 atom stereocenters. The molecule has 0 aliphatic rings. The monoisotopic (exact) mass is 522 g/mol. The summed E-state index contributed by atoms with van der Waals surface area (Å²) in [7, 11) is 1.80. The summed E-state index contributed by atoms with van der Waals surface area (Å²) in [5.41, 5.74) is 1.35. The molecule has 2 rings (SSSR count). The first-order valence-corrected chi connectivity index (χ1v) is 9.38. The molecular weight excluding hydrogens is 499 g/mol. The van der Waals surface area contributed by atoms with E-state index in [0.717, 1.165) is 42.8 Å². The zero-order valence-electron chi connectivity index (χ0n) is 14.0. The number of hydrogen-bond acceptors (Lipinski definition) is 3. The van der Waals surface area contributed by atoms with Gasteiger partial charge < -0.3 is 10.6 Å². The maximum absolute atomic E-state index is 4.37. The van der Waals surface area contributed by atoms with E-state index in [0.29, 0.717) is 0 Å². The number of nitrogens with one attached hydrogen (secondary N) is 2. The molecule has 1 aromatic heterocycles. The number of halogens is 2. The summed E-state index contributed by atoms with van der Waals surface area (Å²) < 4.78 is 1.14. The molecule has 0 fully saturated rings. The first-order chi connectivity index (χ1) is 11.2. The highest BCUT2D eigenvalue weighted by atomic mass is 127. The predicted octanol–water partition coefficient (Wildman–Crippen LogP) is 4.17. The van der Waals surface area contributed by atoms with Crippen molar-refractivity contribution in [1.82, 2.24) is 15.6 Å². The van der Waals surface area contributed by atoms with Crippen LogP contribution in [0, 0.1) is 6.92 Å². The lowest BCUT2D eigenvalue weighted by atomic mass is 10.1. The van der Waals surface area contributed by atoms with E-state index in [2.05, 4.69) is 67.7 Å². The molecule has 132 valence electrons. The number of aliphatic imine (C=N–C) groups is 1. The van der Waals surface area contributed by atoms with Gasteiger partial charge in [0.15, 0.2) is 5.96 Å². The highest BCUT2D eigenvalue weighted by Crippen LogP contribution is 2.13. The van der Waals surface area contributed by atoms with Crippen LogP contribution in [0.1, 0.15) is 21.9 Å². The topological polar surface area (TPSA) is 49.3 Å². The maximum Gasteiger partial charge on any atom is 0.190 e. The van der Waals surface area contributed by atoms with E-state index >= 15 is 0 Å². The molecule has 0 bridgehead atoms. The van der Waals surface area contributed by atoms with Crippen LogP contribution in [-0.2, 0) is 12.8 Å². The predicted molar refractivity (Wildman–Crippen MR) is 118 cm³/mol. The quantitative estimate of drug-likeness (QED) is 0.248. The number of hydrogen-bond donors (Lipinski definition) is 2. The van der Waals surface area contributed by atoms with Gasteiger partial charge >= 0.3 is 0 Å². The van der Waals surface area contributed by atoms with Gasteiger partial charge in [0.1, 0.15) is 0 Å². The van der Waals surface area contributed by atoms with Crippen LogP contribution in [0.25, 0.3) is 0 Å². The second-order valence-corrected chi connectivity index (χ2v) is 7.51. The second-order valence-electron chi connectivity index (χ2n) is 5.27. The number of aryl methyl sites for hydroxylation is 2. The van der Waals surface area contributed by atoms with Gasteiger partial charge in [-0.3, -0.25) is 4.99 Å². The third kappa shape index (κ3) is 7.94. The highest BCUT2D eigenvalue weighted by molar-refractivity contribution is 14.0. The molecule has 7 heteroatoms. The van der Waals surface area contributed by atoms with Gasteiger partial charge in [-0.05, 0) is 37.5 Å². The van der Waals surface area contributed by atoms with E-state index in [4.69, 9.17) is 0 Å². The van der Waals surface area contributed by atoms with Gasteiger partial charge in [0, 0.05) is 42.1 Å². The van der Waals surface area contributed by atoms with Crippen LogP contribution in [0.5, 0.6) is 0 Å². The Labute approximate surface area is 173 Å². The number of aromatic nitrogens is 1. The standard InChI is InChI=1S/C17H23BrN4S.HI/c1-13-12-22-16(23-13)8-10-21-17(19-2)20-9-4-6-14-5-3-7-15(18)11-14;/h3,5,7,11-12H,4,6,8-10H2,1-2H3,(H2,19,20,21);1H. The Balaban J connectivity index is 0.00000288. The summed E-state index contributed by atoms with van der Waals surface area (Å²) in [6, 6.07) is 8.46. The Morgan fingerprint density at radius 3 is 2.71 bits per heavy atom. The molecule has 0 saturated carbocycles. The average Bonchev–Trinajstić information content (AvgIpc) is 2.95. The fraction of sp³-hybridized carbons (Fsp3) is 0.412. The van der Waals surface area contributed by atoms with Crippen LogP contribution in [0.4, 0.5) is 0 Å². The second kappa shape index (κ2) is 11.8. The van der Waals surface area contributed by atoms with Crippen molar-refractivity contribution < 1.29 is 0 Å². The van der Waals surface area contributed by atoms with Crippen molar-refractivity contribution in [2.24, 2.45) is 4.99 Å². The zero-order valence-corrected chi connectivity index (χ0v) is 18.7. The first kappa shape index (κ1) is 21.4. The Morgan fingerprint density at radius 1 is 1.25 bits per heavy atom. The SMILES string of the molecule is CN=C(NCCCc1cccc(Br)c1)NCCc1ncc(C)s1.I. The van der Waals surface area contributed by atoms with Gasteiger partial charge in [0.2, 0.25) is 0 Å². The zero-order chi connectivity index (χ0) is 16.5. The van der Waals surface area contributed by atoms with E-state index in [1.807, 2.05) is 6.20 Å². The fourth-order valence-corrected chi connectivity index (χ4v) is 3.45. The van der Waals surface area contributed by atoms with Crippen LogP contribution >= 0.6 is 51.2 Å². The van der Waals surface area contributed by atoms with E-state index in [-0.39, 0.29) is 24.0 Å². The summed E-state index contributed by atoms with van der Waals surface area (Å²) in [6.07, 6.45) is 4.98. The molecule has 0 saturated heterocycles. The molecule has 0 amide bonds. The summed E-state index contributed by atoms with van der Waals surface area (Å²) in [6.45, 7) is 3.83. The molecule has 2 N–H and O–H groups in total. The van der Waals surface area contributed by atoms with Crippen molar-refractivity contribution in [3.63, 3.8) is 0 Å². The van der Waals surface area contributed by atoms with Gasteiger partial charge in [-0.25, -0.2) is 4.98 Å². The molecule has 0 spiro atoms. The van der Waals surface area contributed by atoms with Crippen molar-refractivity contribution in [3.05, 3.63) is 50.4 Å². The number of nitrogens with zero attached hydrogens (tertiary/aromatic N) is 2. The van der Waals surface area contributed by atoms with Gasteiger partial charge in [0.05, 0.1) is 5.01 Å². The Hall–Kier alpha value is -0.670. The van der Waals surface area contributed by atoms with Crippen LogP contribution in [0.3, 0.4) is 0 Å². The first-order valence-electron chi connectivity index (χ1n) is 7.77. The average molecular weight is 523 g/mol. The van der Waals surface area contributed by atoms with Crippen molar-refractivity contribution in [2.45, 2.75) is 26.2 Å². The van der Waals surface area contributed by atoms with Gasteiger partial charge in [-0.2, -0.15) is 0 Å². The molecule has 2 aromatic rings. The Bertz CT molecular complexity index is 645. The normalized spacial score (nSPS) is 11.0. The number of thiazole rings is 1. The Morgan fingerprint density at radius 2 is 2.04 bits per heavy atom. The Kier molecular flexibility index (Phi) is 10.5. The van der Waals surface area contributed by atoms with Crippen molar-refractivity contribution in [2.75, 3.05) is 20.1 Å². The third-order valence-corrected chi connectivity index (χ3v) is 4.81. The minimum Gasteiger partial charge on any atom is -0.356 e. The summed E-state index contributed by atoms with van der Waals surface area (Å²) in [4.78, 5) is 9.88.